The number of amides is 1. The summed E-state index contributed by atoms with van der Waals surface area (Å²) in [5, 5.41) is 3.24. The number of hydrogen-bond acceptors (Lipinski definition) is 7. The van der Waals surface area contributed by atoms with Crippen molar-refractivity contribution in [3.05, 3.63) is 47.5 Å². The summed E-state index contributed by atoms with van der Waals surface area (Å²) in [6, 6.07) is 9.78. The van der Waals surface area contributed by atoms with Crippen LogP contribution in [0.4, 0.5) is 8.78 Å². The molecule has 2 aromatic rings. The lowest BCUT2D eigenvalue weighted by atomic mass is 9.33. The van der Waals surface area contributed by atoms with Crippen molar-refractivity contribution in [3.63, 3.8) is 0 Å². The summed E-state index contributed by atoms with van der Waals surface area (Å²) < 4.78 is 53.0. The van der Waals surface area contributed by atoms with Gasteiger partial charge in [0.25, 0.3) is 0 Å². The maximum atomic E-state index is 13.7. The molecule has 0 aromatic heterocycles. The second-order valence-corrected chi connectivity index (χ2v) is 11.3. The molecule has 10 heteroatoms. The predicted molar refractivity (Wildman–Crippen MR) is 127 cm³/mol. The SMILES string of the molecule is COC(=O)C12CC([C@H]3C[C@@H](NC(=O)C4(c5ccc6c(c5)OC(F)(F)O6)CC4)c4ccc(OC)cc4O3)(C1)C2. The Morgan fingerprint density at radius 1 is 0.974 bits per heavy atom. The number of halogens is 2. The van der Waals surface area contributed by atoms with Gasteiger partial charge in [-0.3, -0.25) is 9.59 Å². The normalized spacial score (nSPS) is 32.0. The van der Waals surface area contributed by atoms with Crippen LogP contribution in [-0.2, 0) is 19.7 Å². The topological polar surface area (TPSA) is 92.3 Å². The molecule has 2 atom stereocenters. The molecule has 0 unspecified atom stereocenters. The Labute approximate surface area is 217 Å². The molecule has 8 nitrogen and oxygen atoms in total. The van der Waals surface area contributed by atoms with Crippen molar-refractivity contribution in [2.45, 2.75) is 62.4 Å². The smallest absolute Gasteiger partial charge is 0.497 e. The average Bonchev–Trinajstić information content (AvgIpc) is 3.58. The van der Waals surface area contributed by atoms with Crippen molar-refractivity contribution < 1.29 is 42.1 Å². The van der Waals surface area contributed by atoms with Gasteiger partial charge in [0, 0.05) is 23.5 Å². The van der Waals surface area contributed by atoms with E-state index in [0.29, 0.717) is 55.6 Å². The van der Waals surface area contributed by atoms with Crippen LogP contribution in [0.5, 0.6) is 23.0 Å². The van der Waals surface area contributed by atoms with Crippen molar-refractivity contribution in [1.29, 1.82) is 0 Å². The van der Waals surface area contributed by atoms with Crippen LogP contribution in [0.15, 0.2) is 36.4 Å². The molecule has 4 saturated carbocycles. The van der Waals surface area contributed by atoms with Gasteiger partial charge in [0.1, 0.15) is 17.6 Å². The van der Waals surface area contributed by atoms with Crippen LogP contribution in [0, 0.1) is 10.8 Å². The fourth-order valence-electron chi connectivity index (χ4n) is 7.04. The fourth-order valence-corrected chi connectivity index (χ4v) is 7.04. The van der Waals surface area contributed by atoms with Crippen molar-refractivity contribution in [1.82, 2.24) is 5.32 Å². The second kappa shape index (κ2) is 7.51. The molecule has 4 fully saturated rings. The molecule has 2 bridgehead atoms. The van der Waals surface area contributed by atoms with E-state index in [1.807, 2.05) is 18.2 Å². The quantitative estimate of drug-likeness (QED) is 0.557. The first kappa shape index (κ1) is 23.5. The highest BCUT2D eigenvalue weighted by Crippen LogP contribution is 2.76. The second-order valence-electron chi connectivity index (χ2n) is 11.3. The molecule has 2 aromatic carbocycles. The highest BCUT2D eigenvalue weighted by molar-refractivity contribution is 5.92. The number of hydrogen-bond donors (Lipinski definition) is 1. The van der Waals surface area contributed by atoms with E-state index in [9.17, 15) is 18.4 Å². The van der Waals surface area contributed by atoms with Crippen LogP contribution in [0.25, 0.3) is 0 Å². The largest absolute Gasteiger partial charge is 0.586 e. The van der Waals surface area contributed by atoms with Gasteiger partial charge in [0.2, 0.25) is 5.91 Å². The highest BCUT2D eigenvalue weighted by Gasteiger charge is 2.75. The zero-order chi connectivity index (χ0) is 26.5. The number of fused-ring (bicyclic) bond motifs is 2. The van der Waals surface area contributed by atoms with E-state index in [2.05, 4.69) is 14.8 Å². The number of nitrogens with one attached hydrogen (secondary N) is 1. The molecule has 2 aliphatic heterocycles. The van der Waals surface area contributed by atoms with Crippen LogP contribution in [0.2, 0.25) is 0 Å². The first-order valence-electron chi connectivity index (χ1n) is 12.8. The Balaban J connectivity index is 1.14. The summed E-state index contributed by atoms with van der Waals surface area (Å²) in [7, 11) is 3.00. The van der Waals surface area contributed by atoms with E-state index < -0.39 is 17.1 Å². The van der Waals surface area contributed by atoms with E-state index >= 15 is 0 Å². The third-order valence-corrected chi connectivity index (χ3v) is 9.13. The minimum atomic E-state index is -3.71. The number of carbonyl (C=O) groups excluding carboxylic acids is 2. The van der Waals surface area contributed by atoms with E-state index in [-0.39, 0.29) is 40.9 Å². The molecule has 1 amide bonds. The Kier molecular flexibility index (Phi) is 4.66. The average molecular weight is 528 g/mol. The van der Waals surface area contributed by atoms with E-state index in [4.69, 9.17) is 14.2 Å². The van der Waals surface area contributed by atoms with Gasteiger partial charge in [0.05, 0.1) is 31.1 Å². The number of rotatable bonds is 6. The van der Waals surface area contributed by atoms with Crippen molar-refractivity contribution >= 4 is 11.9 Å². The minimum Gasteiger partial charge on any atom is -0.497 e. The van der Waals surface area contributed by atoms with Crippen LogP contribution in [0.1, 0.15) is 55.7 Å². The first-order valence-corrected chi connectivity index (χ1v) is 12.8. The zero-order valence-electron chi connectivity index (χ0n) is 21.0. The lowest BCUT2D eigenvalue weighted by Gasteiger charge is -2.71. The van der Waals surface area contributed by atoms with Crippen molar-refractivity contribution in [2.24, 2.45) is 10.8 Å². The maximum Gasteiger partial charge on any atom is 0.586 e. The highest BCUT2D eigenvalue weighted by atomic mass is 19.3. The van der Waals surface area contributed by atoms with Gasteiger partial charge in [-0.25, -0.2) is 0 Å². The number of alkyl halides is 2. The number of methoxy groups -OCH3 is 2. The third-order valence-electron chi connectivity index (χ3n) is 9.13. The van der Waals surface area contributed by atoms with Crippen LogP contribution >= 0.6 is 0 Å². The number of benzene rings is 2. The summed E-state index contributed by atoms with van der Waals surface area (Å²) >= 11 is 0. The molecule has 4 aliphatic carbocycles. The third kappa shape index (κ3) is 3.24. The van der Waals surface area contributed by atoms with Crippen LogP contribution in [-0.4, -0.2) is 38.5 Å². The van der Waals surface area contributed by atoms with Gasteiger partial charge in [-0.15, -0.1) is 8.78 Å². The van der Waals surface area contributed by atoms with Gasteiger partial charge < -0.3 is 29.0 Å². The molecule has 200 valence electrons. The molecular formula is C28H27F2NO7. The lowest BCUT2D eigenvalue weighted by Crippen LogP contribution is -2.71. The summed E-state index contributed by atoms with van der Waals surface area (Å²) in [5.41, 5.74) is 0.123. The van der Waals surface area contributed by atoms with Crippen LogP contribution < -0.4 is 24.3 Å². The van der Waals surface area contributed by atoms with Crippen molar-refractivity contribution in [3.8, 4) is 23.0 Å². The standard InChI is InChI=1S/C28H27F2NO7/c1-34-16-4-5-17-18(11-22(36-20(17)10-16)25-12-26(13-25,14-25)24(33)35-2)31-23(32)27(7-8-27)15-3-6-19-21(9-15)38-28(29,30)37-19/h3-6,9-10,18,22H,7-8,11-14H2,1-2H3,(H,31,32)/t18-,22-,25?,26?/m1/s1. The van der Waals surface area contributed by atoms with Gasteiger partial charge in [-0.1, -0.05) is 6.07 Å². The Bertz CT molecular complexity index is 1350. The summed E-state index contributed by atoms with van der Waals surface area (Å²) in [4.78, 5) is 26.0. The number of esters is 1. The molecular weight excluding hydrogens is 500 g/mol. The molecule has 0 spiro atoms. The van der Waals surface area contributed by atoms with E-state index in [1.165, 1.54) is 19.2 Å². The molecule has 38 heavy (non-hydrogen) atoms. The predicted octanol–water partition coefficient (Wildman–Crippen LogP) is 4.40. The maximum absolute atomic E-state index is 13.7. The monoisotopic (exact) mass is 527 g/mol. The Morgan fingerprint density at radius 3 is 2.39 bits per heavy atom. The molecule has 0 saturated heterocycles. The summed E-state index contributed by atoms with van der Waals surface area (Å²) in [5.74, 6) is 0.844. The minimum absolute atomic E-state index is 0.0478. The fraction of sp³-hybridized carbons (Fsp3) is 0.500. The van der Waals surface area contributed by atoms with Gasteiger partial charge in [-0.05, 0) is 61.9 Å². The van der Waals surface area contributed by atoms with Crippen molar-refractivity contribution in [2.75, 3.05) is 14.2 Å². The molecule has 8 rings (SSSR count). The number of carbonyl (C=O) groups is 2. The Hall–Kier alpha value is -3.56. The van der Waals surface area contributed by atoms with Gasteiger partial charge in [0.15, 0.2) is 11.5 Å². The van der Waals surface area contributed by atoms with E-state index in [0.717, 1.165) is 5.56 Å². The Morgan fingerprint density at radius 2 is 1.71 bits per heavy atom. The summed E-state index contributed by atoms with van der Waals surface area (Å²) in [6.07, 6.45) is 0.00358. The van der Waals surface area contributed by atoms with Crippen LogP contribution in [0.3, 0.4) is 0 Å². The zero-order valence-corrected chi connectivity index (χ0v) is 21.0. The molecule has 2 heterocycles. The van der Waals surface area contributed by atoms with Gasteiger partial charge >= 0.3 is 12.3 Å². The molecule has 0 radical (unpaired) electrons. The molecule has 1 N–H and O–H groups in total. The molecule has 6 aliphatic rings. The van der Waals surface area contributed by atoms with Gasteiger partial charge in [-0.2, -0.15) is 0 Å². The summed E-state index contributed by atoms with van der Waals surface area (Å²) in [6.45, 7) is 0. The first-order chi connectivity index (χ1) is 18.1. The lowest BCUT2D eigenvalue weighted by molar-refractivity contribution is -0.286. The van der Waals surface area contributed by atoms with E-state index in [1.54, 1.807) is 13.2 Å². The number of ether oxygens (including phenoxy) is 5.